The number of nitrogens with zero attached hydrogens (tertiary/aromatic N) is 4. The zero-order chi connectivity index (χ0) is 20.5. The van der Waals surface area contributed by atoms with Gasteiger partial charge < -0.3 is 4.74 Å². The number of carbonyl (C=O) groups is 1. The first-order valence-electron chi connectivity index (χ1n) is 9.14. The summed E-state index contributed by atoms with van der Waals surface area (Å²) in [5.74, 6) is -0.562. The second-order valence-corrected chi connectivity index (χ2v) is 7.47. The van der Waals surface area contributed by atoms with Gasteiger partial charge in [0.25, 0.3) is 5.56 Å². The van der Waals surface area contributed by atoms with Crippen LogP contribution in [0.1, 0.15) is 10.4 Å². The fourth-order valence-corrected chi connectivity index (χ4v) is 3.89. The van der Waals surface area contributed by atoms with E-state index in [1.165, 1.54) is 11.3 Å². The number of aromatic nitrogens is 4. The van der Waals surface area contributed by atoms with Gasteiger partial charge in [0, 0.05) is 5.39 Å². The molecule has 0 amide bonds. The van der Waals surface area contributed by atoms with Gasteiger partial charge in [0.1, 0.15) is 5.52 Å². The number of hydrogen-bond acceptors (Lipinski definition) is 7. The van der Waals surface area contributed by atoms with E-state index in [1.807, 2.05) is 41.8 Å². The van der Waals surface area contributed by atoms with Crippen molar-refractivity contribution in [3.8, 4) is 10.6 Å². The summed E-state index contributed by atoms with van der Waals surface area (Å²) in [6, 6.07) is 19.9. The maximum Gasteiger partial charge on any atom is 0.340 e. The van der Waals surface area contributed by atoms with Gasteiger partial charge in [-0.05, 0) is 35.7 Å². The molecule has 5 rings (SSSR count). The lowest BCUT2D eigenvalue weighted by atomic mass is 10.1. The van der Waals surface area contributed by atoms with E-state index in [4.69, 9.17) is 4.74 Å². The summed E-state index contributed by atoms with van der Waals surface area (Å²) < 4.78 is 6.45. The molecule has 0 atom stereocenters. The molecule has 7 nitrogen and oxygen atoms in total. The average molecular weight is 414 g/mol. The van der Waals surface area contributed by atoms with Crippen LogP contribution in [0, 0.1) is 0 Å². The van der Waals surface area contributed by atoms with Crippen molar-refractivity contribution in [2.75, 3.05) is 0 Å². The predicted molar refractivity (Wildman–Crippen MR) is 114 cm³/mol. The maximum atomic E-state index is 12.9. The van der Waals surface area contributed by atoms with Crippen molar-refractivity contribution in [1.29, 1.82) is 0 Å². The summed E-state index contributed by atoms with van der Waals surface area (Å²) in [5, 5.41) is 10.9. The summed E-state index contributed by atoms with van der Waals surface area (Å²) >= 11 is 1.54. The third-order valence-electron chi connectivity index (χ3n) is 4.66. The van der Waals surface area contributed by atoms with Crippen molar-refractivity contribution in [1.82, 2.24) is 20.0 Å². The average Bonchev–Trinajstić information content (AvgIpc) is 3.33. The molecule has 3 aromatic heterocycles. The third-order valence-corrected chi connectivity index (χ3v) is 5.55. The van der Waals surface area contributed by atoms with Crippen molar-refractivity contribution in [2.24, 2.45) is 0 Å². The molecule has 0 aliphatic rings. The fourth-order valence-electron chi connectivity index (χ4n) is 3.20. The number of para-hydroxylation sites is 1. The molecule has 0 fully saturated rings. The topological polar surface area (TPSA) is 87.0 Å². The summed E-state index contributed by atoms with van der Waals surface area (Å²) in [7, 11) is 0. The normalized spacial score (nSPS) is 11.1. The van der Waals surface area contributed by atoms with Crippen LogP contribution in [0.4, 0.5) is 0 Å². The Morgan fingerprint density at radius 3 is 2.53 bits per heavy atom. The molecule has 0 radical (unpaired) electrons. The Morgan fingerprint density at radius 2 is 1.73 bits per heavy atom. The highest BCUT2D eigenvalue weighted by Gasteiger charge is 2.16. The summed E-state index contributed by atoms with van der Waals surface area (Å²) in [5.41, 5.74) is 1.89. The van der Waals surface area contributed by atoms with Crippen molar-refractivity contribution in [3.05, 3.63) is 88.0 Å². The van der Waals surface area contributed by atoms with E-state index in [1.54, 1.807) is 30.3 Å². The lowest BCUT2D eigenvalue weighted by Gasteiger charge is -2.10. The van der Waals surface area contributed by atoms with Gasteiger partial charge in [-0.15, -0.1) is 16.4 Å². The molecule has 0 aliphatic carbocycles. The van der Waals surface area contributed by atoms with E-state index in [0.717, 1.165) is 9.56 Å². The van der Waals surface area contributed by atoms with Crippen LogP contribution >= 0.6 is 11.3 Å². The van der Waals surface area contributed by atoms with Crippen LogP contribution in [0.2, 0.25) is 0 Å². The van der Waals surface area contributed by atoms with Gasteiger partial charge >= 0.3 is 5.97 Å². The van der Waals surface area contributed by atoms with Gasteiger partial charge in [-0.3, -0.25) is 4.79 Å². The molecule has 30 heavy (non-hydrogen) atoms. The van der Waals surface area contributed by atoms with Crippen LogP contribution < -0.4 is 5.56 Å². The van der Waals surface area contributed by atoms with E-state index in [0.29, 0.717) is 33.1 Å². The Balaban J connectivity index is 1.49. The van der Waals surface area contributed by atoms with Crippen LogP contribution in [-0.2, 0) is 11.5 Å². The van der Waals surface area contributed by atoms with Crippen LogP contribution in [-0.4, -0.2) is 25.9 Å². The Bertz CT molecular complexity index is 1440. The molecule has 2 aromatic carbocycles. The largest absolute Gasteiger partial charge is 0.439 e. The molecule has 0 N–H and O–H groups in total. The molecule has 8 heteroatoms. The molecule has 146 valence electrons. The predicted octanol–water partition coefficient (Wildman–Crippen LogP) is 3.88. The van der Waals surface area contributed by atoms with Crippen LogP contribution in [0.5, 0.6) is 0 Å². The number of esters is 1. The first kappa shape index (κ1) is 18.1. The van der Waals surface area contributed by atoms with Gasteiger partial charge in [-0.1, -0.05) is 41.6 Å². The molecule has 0 saturated heterocycles. The van der Waals surface area contributed by atoms with Gasteiger partial charge in [0.05, 0.1) is 27.0 Å². The molecule has 3 heterocycles. The smallest absolute Gasteiger partial charge is 0.340 e. The minimum absolute atomic E-state index is 0.333. The lowest BCUT2D eigenvalue weighted by molar-refractivity contribution is 0.0338. The third kappa shape index (κ3) is 3.23. The highest BCUT2D eigenvalue weighted by atomic mass is 32.1. The monoisotopic (exact) mass is 414 g/mol. The first-order valence-corrected chi connectivity index (χ1v) is 10.0. The van der Waals surface area contributed by atoms with Crippen molar-refractivity contribution < 1.29 is 9.53 Å². The highest BCUT2D eigenvalue weighted by Crippen LogP contribution is 2.28. The standard InChI is InChI=1S/C22H14N4O3S/c27-21-15-7-2-4-9-18(15)24-25-26(21)13-29-22(28)16-12-19(20-10-5-11-30-20)23-17-8-3-1-6-14(16)17/h1-12H,13H2. The van der Waals surface area contributed by atoms with E-state index in [2.05, 4.69) is 15.3 Å². The SMILES string of the molecule is O=C(OCn1nnc2ccccc2c1=O)c1cc(-c2cccs2)nc2ccccc12. The van der Waals surface area contributed by atoms with Crippen molar-refractivity contribution in [2.45, 2.75) is 6.73 Å². The van der Waals surface area contributed by atoms with Gasteiger partial charge in [-0.2, -0.15) is 4.68 Å². The van der Waals surface area contributed by atoms with E-state index >= 15 is 0 Å². The van der Waals surface area contributed by atoms with Gasteiger partial charge in [-0.25, -0.2) is 9.78 Å². The Hall–Kier alpha value is -3.91. The second-order valence-electron chi connectivity index (χ2n) is 6.52. The van der Waals surface area contributed by atoms with Crippen LogP contribution in [0.15, 0.2) is 76.9 Å². The van der Waals surface area contributed by atoms with E-state index < -0.39 is 5.97 Å². The zero-order valence-electron chi connectivity index (χ0n) is 15.6. The number of rotatable bonds is 4. The number of ether oxygens (including phenoxy) is 1. The minimum atomic E-state index is -0.562. The lowest BCUT2D eigenvalue weighted by Crippen LogP contribution is -2.26. The molecule has 0 unspecified atom stereocenters. The molecule has 0 saturated carbocycles. The molecular formula is C22H14N4O3S. The quantitative estimate of drug-likeness (QED) is 0.415. The molecule has 0 bridgehead atoms. The fraction of sp³-hybridized carbons (Fsp3) is 0.0455. The van der Waals surface area contributed by atoms with Gasteiger partial charge in [0.15, 0.2) is 6.73 Å². The summed E-state index contributed by atoms with van der Waals surface area (Å²) in [6.07, 6.45) is 0. The van der Waals surface area contributed by atoms with E-state index in [-0.39, 0.29) is 12.3 Å². The molecule has 0 spiro atoms. The van der Waals surface area contributed by atoms with Crippen molar-refractivity contribution >= 4 is 39.1 Å². The number of hydrogen-bond donors (Lipinski definition) is 0. The second kappa shape index (κ2) is 7.49. The van der Waals surface area contributed by atoms with Crippen LogP contribution in [0.25, 0.3) is 32.4 Å². The first-order chi connectivity index (χ1) is 14.7. The molecule has 0 aliphatic heterocycles. The Morgan fingerprint density at radius 1 is 0.967 bits per heavy atom. The number of carbonyl (C=O) groups excluding carboxylic acids is 1. The zero-order valence-corrected chi connectivity index (χ0v) is 16.4. The molecule has 5 aromatic rings. The van der Waals surface area contributed by atoms with Gasteiger partial charge in [0.2, 0.25) is 0 Å². The Kier molecular flexibility index (Phi) is 4.53. The Labute approximate surface area is 174 Å². The highest BCUT2D eigenvalue weighted by molar-refractivity contribution is 7.13. The molecular weight excluding hydrogens is 400 g/mol. The van der Waals surface area contributed by atoms with Crippen LogP contribution in [0.3, 0.4) is 0 Å². The summed E-state index contributed by atoms with van der Waals surface area (Å²) in [6.45, 7) is -0.333. The number of thiophene rings is 1. The number of fused-ring (bicyclic) bond motifs is 2. The number of benzene rings is 2. The summed E-state index contributed by atoms with van der Waals surface area (Å²) in [4.78, 5) is 31.1. The maximum absolute atomic E-state index is 12.9. The minimum Gasteiger partial charge on any atom is -0.439 e. The van der Waals surface area contributed by atoms with E-state index in [9.17, 15) is 9.59 Å². The number of pyridine rings is 1. The van der Waals surface area contributed by atoms with Crippen molar-refractivity contribution in [3.63, 3.8) is 0 Å².